The number of rotatable bonds is 4. The summed E-state index contributed by atoms with van der Waals surface area (Å²) in [5.74, 6) is 0. The van der Waals surface area contributed by atoms with Gasteiger partial charge in [-0.05, 0) is 62.8 Å². The third kappa shape index (κ3) is 4.18. The first-order chi connectivity index (χ1) is 9.19. The molecular formula is C15H23N3S. The van der Waals surface area contributed by atoms with Gasteiger partial charge in [-0.15, -0.1) is 0 Å². The molecule has 1 aliphatic rings. The van der Waals surface area contributed by atoms with Crippen LogP contribution in [0.5, 0.6) is 0 Å². The van der Waals surface area contributed by atoms with Gasteiger partial charge in [0.2, 0.25) is 0 Å². The molecule has 1 aliphatic heterocycles. The second-order valence-electron chi connectivity index (χ2n) is 5.13. The molecule has 0 aromatic heterocycles. The van der Waals surface area contributed by atoms with Gasteiger partial charge in [0.1, 0.15) is 0 Å². The molecule has 2 N–H and O–H groups in total. The maximum atomic E-state index is 5.35. The maximum absolute atomic E-state index is 5.35. The number of aryl methyl sites for hydroxylation is 1. The topological polar surface area (TPSA) is 27.3 Å². The van der Waals surface area contributed by atoms with E-state index in [2.05, 4.69) is 41.5 Å². The van der Waals surface area contributed by atoms with E-state index in [1.165, 1.54) is 24.9 Å². The zero-order valence-electron chi connectivity index (χ0n) is 11.8. The van der Waals surface area contributed by atoms with Gasteiger partial charge in [0, 0.05) is 18.3 Å². The fraction of sp³-hybridized carbons (Fsp3) is 0.533. The van der Waals surface area contributed by atoms with Gasteiger partial charge in [0.05, 0.1) is 0 Å². The van der Waals surface area contributed by atoms with Crippen molar-refractivity contribution in [2.75, 3.05) is 25.0 Å². The standard InChI is InChI=1S/C15H23N3S/c1-3-18-9-5-8-14(18)11-16-15(19)17-13-7-4-6-12(2)10-13/h4,6-7,10,14H,3,5,8-9,11H2,1-2H3,(H2,16,17,19)/t14-/m1/s1. The summed E-state index contributed by atoms with van der Waals surface area (Å²) in [7, 11) is 0. The van der Waals surface area contributed by atoms with Crippen LogP contribution in [0.25, 0.3) is 0 Å². The second-order valence-corrected chi connectivity index (χ2v) is 5.54. The minimum Gasteiger partial charge on any atom is -0.361 e. The zero-order valence-corrected chi connectivity index (χ0v) is 12.6. The van der Waals surface area contributed by atoms with E-state index < -0.39 is 0 Å². The largest absolute Gasteiger partial charge is 0.361 e. The van der Waals surface area contributed by atoms with Crippen LogP contribution in [0.3, 0.4) is 0 Å². The molecule has 3 nitrogen and oxygen atoms in total. The molecule has 104 valence electrons. The molecule has 0 unspecified atom stereocenters. The SMILES string of the molecule is CCN1CCC[C@@H]1CNC(=S)Nc1cccc(C)c1. The van der Waals surface area contributed by atoms with Gasteiger partial charge in [-0.2, -0.15) is 0 Å². The Hall–Kier alpha value is -1.13. The lowest BCUT2D eigenvalue weighted by molar-refractivity contribution is 0.267. The van der Waals surface area contributed by atoms with Crippen molar-refractivity contribution in [1.82, 2.24) is 10.2 Å². The van der Waals surface area contributed by atoms with Crippen LogP contribution in [0.2, 0.25) is 0 Å². The van der Waals surface area contributed by atoms with Gasteiger partial charge in [-0.3, -0.25) is 4.90 Å². The summed E-state index contributed by atoms with van der Waals surface area (Å²) < 4.78 is 0. The molecule has 1 atom stereocenters. The van der Waals surface area contributed by atoms with E-state index in [9.17, 15) is 0 Å². The lowest BCUT2D eigenvalue weighted by Gasteiger charge is -2.23. The van der Waals surface area contributed by atoms with E-state index in [1.54, 1.807) is 0 Å². The molecule has 1 aromatic carbocycles. The number of hydrogen-bond acceptors (Lipinski definition) is 2. The number of likely N-dealkylation sites (N-methyl/N-ethyl adjacent to an activating group) is 1. The van der Waals surface area contributed by atoms with E-state index >= 15 is 0 Å². The van der Waals surface area contributed by atoms with Crippen LogP contribution in [-0.2, 0) is 0 Å². The highest BCUT2D eigenvalue weighted by Gasteiger charge is 2.22. The Bertz CT molecular complexity index is 433. The van der Waals surface area contributed by atoms with Crippen LogP contribution in [0.4, 0.5) is 5.69 Å². The third-order valence-electron chi connectivity index (χ3n) is 3.68. The normalized spacial score (nSPS) is 19.4. The molecule has 0 amide bonds. The van der Waals surface area contributed by atoms with Crippen molar-refractivity contribution in [3.63, 3.8) is 0 Å². The van der Waals surface area contributed by atoms with Gasteiger partial charge in [-0.25, -0.2) is 0 Å². The van der Waals surface area contributed by atoms with Crippen LogP contribution in [0.1, 0.15) is 25.3 Å². The molecule has 1 saturated heterocycles. The van der Waals surface area contributed by atoms with E-state index in [0.717, 1.165) is 18.8 Å². The average molecular weight is 277 g/mol. The quantitative estimate of drug-likeness (QED) is 0.828. The lowest BCUT2D eigenvalue weighted by Crippen LogP contribution is -2.41. The highest BCUT2D eigenvalue weighted by atomic mass is 32.1. The Morgan fingerprint density at radius 3 is 3.05 bits per heavy atom. The van der Waals surface area contributed by atoms with Crippen LogP contribution < -0.4 is 10.6 Å². The Labute approximate surface area is 121 Å². The van der Waals surface area contributed by atoms with E-state index in [0.29, 0.717) is 11.2 Å². The number of likely N-dealkylation sites (tertiary alicyclic amines) is 1. The number of thiocarbonyl (C=S) groups is 1. The first-order valence-electron chi connectivity index (χ1n) is 7.04. The molecule has 0 bridgehead atoms. The van der Waals surface area contributed by atoms with Gasteiger partial charge in [0.15, 0.2) is 5.11 Å². The smallest absolute Gasteiger partial charge is 0.170 e. The first-order valence-corrected chi connectivity index (χ1v) is 7.45. The molecule has 0 radical (unpaired) electrons. The van der Waals surface area contributed by atoms with Crippen LogP contribution >= 0.6 is 12.2 Å². The van der Waals surface area contributed by atoms with Gasteiger partial charge < -0.3 is 10.6 Å². The van der Waals surface area contributed by atoms with Crippen molar-refractivity contribution in [2.24, 2.45) is 0 Å². The monoisotopic (exact) mass is 277 g/mol. The summed E-state index contributed by atoms with van der Waals surface area (Å²) >= 11 is 5.35. The van der Waals surface area contributed by atoms with E-state index in [1.807, 2.05) is 12.1 Å². The predicted octanol–water partition coefficient (Wildman–Crippen LogP) is 2.77. The minimum atomic E-state index is 0.627. The predicted molar refractivity (Wildman–Crippen MR) is 85.7 cm³/mol. The Morgan fingerprint density at radius 2 is 2.32 bits per heavy atom. The van der Waals surface area contributed by atoms with Crippen molar-refractivity contribution in [2.45, 2.75) is 32.7 Å². The van der Waals surface area contributed by atoms with Gasteiger partial charge in [-0.1, -0.05) is 19.1 Å². The number of hydrogen-bond donors (Lipinski definition) is 2. The van der Waals surface area contributed by atoms with Gasteiger partial charge in [0.25, 0.3) is 0 Å². The summed E-state index contributed by atoms with van der Waals surface area (Å²) in [5, 5.41) is 7.29. The molecule has 0 saturated carbocycles. The second kappa shape index (κ2) is 6.87. The van der Waals surface area contributed by atoms with Crippen LogP contribution in [0, 0.1) is 6.92 Å². The number of anilines is 1. The van der Waals surface area contributed by atoms with Crippen molar-refractivity contribution in [3.8, 4) is 0 Å². The minimum absolute atomic E-state index is 0.627. The highest BCUT2D eigenvalue weighted by Crippen LogP contribution is 2.15. The maximum Gasteiger partial charge on any atom is 0.170 e. The summed E-state index contributed by atoms with van der Waals surface area (Å²) in [5.41, 5.74) is 2.29. The summed E-state index contributed by atoms with van der Waals surface area (Å²) in [6.45, 7) is 7.60. The highest BCUT2D eigenvalue weighted by molar-refractivity contribution is 7.80. The summed E-state index contributed by atoms with van der Waals surface area (Å²) in [6, 6.07) is 8.88. The summed E-state index contributed by atoms with van der Waals surface area (Å²) in [4.78, 5) is 2.52. The molecule has 1 fully saturated rings. The molecular weight excluding hydrogens is 254 g/mol. The molecule has 0 aliphatic carbocycles. The van der Waals surface area contributed by atoms with Crippen molar-refractivity contribution < 1.29 is 0 Å². The molecule has 19 heavy (non-hydrogen) atoms. The molecule has 4 heteroatoms. The third-order valence-corrected chi connectivity index (χ3v) is 3.93. The van der Waals surface area contributed by atoms with Crippen molar-refractivity contribution >= 4 is 23.0 Å². The molecule has 0 spiro atoms. The number of nitrogens with one attached hydrogen (secondary N) is 2. The Balaban J connectivity index is 1.78. The fourth-order valence-electron chi connectivity index (χ4n) is 2.65. The summed E-state index contributed by atoms with van der Waals surface area (Å²) in [6.07, 6.45) is 2.58. The van der Waals surface area contributed by atoms with Crippen LogP contribution in [0.15, 0.2) is 24.3 Å². The first kappa shape index (κ1) is 14.3. The molecule has 2 rings (SSSR count). The zero-order chi connectivity index (χ0) is 13.7. The number of benzene rings is 1. The molecule has 1 heterocycles. The molecule has 1 aromatic rings. The van der Waals surface area contributed by atoms with E-state index in [-0.39, 0.29) is 0 Å². The average Bonchev–Trinajstić information content (AvgIpc) is 2.83. The fourth-order valence-corrected chi connectivity index (χ4v) is 2.85. The van der Waals surface area contributed by atoms with Crippen molar-refractivity contribution in [3.05, 3.63) is 29.8 Å². The Morgan fingerprint density at radius 1 is 1.47 bits per heavy atom. The van der Waals surface area contributed by atoms with Crippen LogP contribution in [-0.4, -0.2) is 35.7 Å². The Kier molecular flexibility index (Phi) is 5.16. The van der Waals surface area contributed by atoms with E-state index in [4.69, 9.17) is 12.2 Å². The number of nitrogens with zero attached hydrogens (tertiary/aromatic N) is 1. The van der Waals surface area contributed by atoms with Gasteiger partial charge >= 0.3 is 0 Å². The lowest BCUT2D eigenvalue weighted by atomic mass is 10.2. The van der Waals surface area contributed by atoms with Crippen molar-refractivity contribution in [1.29, 1.82) is 0 Å².